The van der Waals surface area contributed by atoms with E-state index in [1.165, 1.54) is 12.5 Å². The molecule has 2 rings (SSSR count). The van der Waals surface area contributed by atoms with Gasteiger partial charge in [0.2, 0.25) is 0 Å². The number of hydrogen-bond acceptors (Lipinski definition) is 2. The van der Waals surface area contributed by atoms with E-state index in [4.69, 9.17) is 4.74 Å². The van der Waals surface area contributed by atoms with E-state index in [-0.39, 0.29) is 5.97 Å². The van der Waals surface area contributed by atoms with Crippen molar-refractivity contribution in [2.75, 3.05) is 0 Å². The molecule has 1 aromatic carbocycles. The Morgan fingerprint density at radius 1 is 1.13 bits per heavy atom. The first kappa shape index (κ1) is 9.71. The van der Waals surface area contributed by atoms with Crippen molar-refractivity contribution < 1.29 is 9.53 Å². The Labute approximate surface area is 88.9 Å². The Hall–Kier alpha value is -1.83. The number of benzene rings is 1. The zero-order chi connectivity index (χ0) is 10.8. The van der Waals surface area contributed by atoms with Gasteiger partial charge in [-0.3, -0.25) is 4.79 Å². The highest BCUT2D eigenvalue weighted by atomic mass is 16.5. The van der Waals surface area contributed by atoms with E-state index < -0.39 is 0 Å². The standard InChI is InChI=1S/C13H12O2/c1-9(15-10(2)14)12-8-7-11-5-3-4-6-13(11)12/h3-8H,1-2H3/b12-9-. The van der Waals surface area contributed by atoms with Crippen LogP contribution in [0.5, 0.6) is 0 Å². The molecule has 0 unspecified atom stereocenters. The molecule has 0 atom stereocenters. The molecule has 0 N–H and O–H groups in total. The molecule has 0 saturated carbocycles. The summed E-state index contributed by atoms with van der Waals surface area (Å²) in [6, 6.07) is 8.04. The van der Waals surface area contributed by atoms with Gasteiger partial charge in [-0.2, -0.15) is 0 Å². The Morgan fingerprint density at radius 3 is 2.60 bits per heavy atom. The first-order valence-electron chi connectivity index (χ1n) is 4.85. The van der Waals surface area contributed by atoms with Gasteiger partial charge in [0.1, 0.15) is 5.76 Å². The van der Waals surface area contributed by atoms with Gasteiger partial charge in [-0.05, 0) is 18.1 Å². The van der Waals surface area contributed by atoms with Crippen LogP contribution in [0.1, 0.15) is 25.0 Å². The number of hydrogen-bond donors (Lipinski definition) is 0. The van der Waals surface area contributed by atoms with Crippen molar-refractivity contribution in [3.63, 3.8) is 0 Å². The molecule has 0 fully saturated rings. The second kappa shape index (κ2) is 3.73. The third kappa shape index (κ3) is 1.84. The highest BCUT2D eigenvalue weighted by molar-refractivity contribution is 5.91. The summed E-state index contributed by atoms with van der Waals surface area (Å²) < 4.78 is 5.08. The van der Waals surface area contributed by atoms with Gasteiger partial charge in [-0.15, -0.1) is 0 Å². The van der Waals surface area contributed by atoms with E-state index in [1.54, 1.807) is 0 Å². The molecular formula is C13H12O2. The molecule has 2 heteroatoms. The van der Waals surface area contributed by atoms with Crippen molar-refractivity contribution in [1.29, 1.82) is 0 Å². The van der Waals surface area contributed by atoms with Gasteiger partial charge in [0.25, 0.3) is 0 Å². The summed E-state index contributed by atoms with van der Waals surface area (Å²) in [6.45, 7) is 3.22. The van der Waals surface area contributed by atoms with Crippen LogP contribution in [0, 0.1) is 0 Å². The Kier molecular flexibility index (Phi) is 2.42. The third-order valence-corrected chi connectivity index (χ3v) is 2.36. The number of allylic oxidation sites excluding steroid dienone is 3. The molecule has 0 spiro atoms. The van der Waals surface area contributed by atoms with E-state index in [0.717, 1.165) is 11.1 Å². The number of ether oxygens (including phenoxy) is 1. The quantitative estimate of drug-likeness (QED) is 0.514. The average molecular weight is 200 g/mol. The Bertz CT molecular complexity index is 467. The summed E-state index contributed by atoms with van der Waals surface area (Å²) in [4.78, 5) is 10.8. The van der Waals surface area contributed by atoms with Crippen LogP contribution in [0.2, 0.25) is 0 Å². The van der Waals surface area contributed by atoms with E-state index in [2.05, 4.69) is 0 Å². The van der Waals surface area contributed by atoms with Crippen molar-refractivity contribution in [2.45, 2.75) is 13.8 Å². The molecule has 0 radical (unpaired) electrons. The van der Waals surface area contributed by atoms with Crippen LogP contribution in [0.4, 0.5) is 0 Å². The lowest BCUT2D eigenvalue weighted by atomic mass is 10.1. The number of fused-ring (bicyclic) bond motifs is 1. The van der Waals surface area contributed by atoms with Crippen molar-refractivity contribution in [3.8, 4) is 0 Å². The fourth-order valence-electron chi connectivity index (χ4n) is 1.73. The van der Waals surface area contributed by atoms with Crippen LogP contribution in [-0.2, 0) is 9.53 Å². The Morgan fingerprint density at radius 2 is 1.87 bits per heavy atom. The topological polar surface area (TPSA) is 26.3 Å². The van der Waals surface area contributed by atoms with Crippen LogP contribution in [0.3, 0.4) is 0 Å². The number of carbonyl (C=O) groups is 1. The normalized spacial score (nSPS) is 16.1. The third-order valence-electron chi connectivity index (χ3n) is 2.36. The highest BCUT2D eigenvalue weighted by Gasteiger charge is 2.13. The van der Waals surface area contributed by atoms with Gasteiger partial charge in [-0.25, -0.2) is 0 Å². The maximum atomic E-state index is 10.8. The fourth-order valence-corrected chi connectivity index (χ4v) is 1.73. The predicted molar refractivity (Wildman–Crippen MR) is 59.8 cm³/mol. The molecule has 1 aliphatic rings. The fraction of sp³-hybridized carbons (Fsp3) is 0.154. The van der Waals surface area contributed by atoms with Gasteiger partial charge in [-0.1, -0.05) is 36.4 Å². The molecule has 0 bridgehead atoms. The lowest BCUT2D eigenvalue weighted by Gasteiger charge is -2.06. The Balaban J connectivity index is 2.42. The average Bonchev–Trinajstić information content (AvgIpc) is 2.59. The predicted octanol–water partition coefficient (Wildman–Crippen LogP) is 3.01. The molecule has 0 aromatic heterocycles. The van der Waals surface area contributed by atoms with Crippen LogP contribution < -0.4 is 0 Å². The van der Waals surface area contributed by atoms with Gasteiger partial charge < -0.3 is 4.74 Å². The molecule has 0 amide bonds. The summed E-state index contributed by atoms with van der Waals surface area (Å²) >= 11 is 0. The SMILES string of the molecule is CC(=O)O/C(C)=C1/C=Cc2ccccc21. The molecule has 1 aliphatic carbocycles. The minimum atomic E-state index is -0.280. The molecule has 76 valence electrons. The summed E-state index contributed by atoms with van der Waals surface area (Å²) in [6.07, 6.45) is 4.00. The summed E-state index contributed by atoms with van der Waals surface area (Å²) in [5.41, 5.74) is 3.27. The van der Waals surface area contributed by atoms with E-state index in [1.807, 2.05) is 43.3 Å². The van der Waals surface area contributed by atoms with Gasteiger partial charge in [0.05, 0.1) is 0 Å². The minimum absolute atomic E-state index is 0.280. The van der Waals surface area contributed by atoms with Crippen molar-refractivity contribution in [2.24, 2.45) is 0 Å². The first-order chi connectivity index (χ1) is 7.18. The lowest BCUT2D eigenvalue weighted by molar-refractivity contribution is -0.136. The maximum Gasteiger partial charge on any atom is 0.307 e. The lowest BCUT2D eigenvalue weighted by Crippen LogP contribution is -1.98. The molecule has 0 aliphatic heterocycles. The summed E-state index contributed by atoms with van der Waals surface area (Å²) in [5, 5.41) is 0. The second-order valence-electron chi connectivity index (χ2n) is 3.48. The first-order valence-corrected chi connectivity index (χ1v) is 4.85. The molecule has 1 aromatic rings. The van der Waals surface area contributed by atoms with Crippen LogP contribution >= 0.6 is 0 Å². The molecular weight excluding hydrogens is 188 g/mol. The number of carbonyl (C=O) groups excluding carboxylic acids is 1. The minimum Gasteiger partial charge on any atom is -0.431 e. The van der Waals surface area contributed by atoms with Gasteiger partial charge in [0.15, 0.2) is 0 Å². The molecule has 0 saturated heterocycles. The molecule has 2 nitrogen and oxygen atoms in total. The van der Waals surface area contributed by atoms with E-state index >= 15 is 0 Å². The van der Waals surface area contributed by atoms with E-state index in [0.29, 0.717) is 5.76 Å². The summed E-state index contributed by atoms with van der Waals surface area (Å²) in [7, 11) is 0. The smallest absolute Gasteiger partial charge is 0.307 e. The number of rotatable bonds is 1. The van der Waals surface area contributed by atoms with Gasteiger partial charge >= 0.3 is 5.97 Å². The zero-order valence-electron chi connectivity index (χ0n) is 8.78. The second-order valence-corrected chi connectivity index (χ2v) is 3.48. The maximum absolute atomic E-state index is 10.8. The van der Waals surface area contributed by atoms with Crippen molar-refractivity contribution >= 4 is 17.6 Å². The van der Waals surface area contributed by atoms with Crippen molar-refractivity contribution in [3.05, 3.63) is 47.2 Å². The van der Waals surface area contributed by atoms with Gasteiger partial charge in [0, 0.05) is 12.5 Å². The summed E-state index contributed by atoms with van der Waals surface area (Å²) in [5.74, 6) is 0.376. The van der Waals surface area contributed by atoms with Crippen LogP contribution in [0.25, 0.3) is 11.6 Å². The zero-order valence-corrected chi connectivity index (χ0v) is 8.78. The monoisotopic (exact) mass is 200 g/mol. The van der Waals surface area contributed by atoms with E-state index in [9.17, 15) is 4.79 Å². The molecule has 0 heterocycles. The highest BCUT2D eigenvalue weighted by Crippen LogP contribution is 2.31. The van der Waals surface area contributed by atoms with Crippen LogP contribution in [-0.4, -0.2) is 5.97 Å². The van der Waals surface area contributed by atoms with Crippen LogP contribution in [0.15, 0.2) is 36.1 Å². The number of esters is 1. The van der Waals surface area contributed by atoms with Crippen molar-refractivity contribution in [1.82, 2.24) is 0 Å². The largest absolute Gasteiger partial charge is 0.431 e. The molecule has 15 heavy (non-hydrogen) atoms.